The van der Waals surface area contributed by atoms with Gasteiger partial charge in [0.2, 0.25) is 0 Å². The molecule has 5 heteroatoms. The van der Waals surface area contributed by atoms with E-state index in [0.29, 0.717) is 15.7 Å². The highest BCUT2D eigenvalue weighted by molar-refractivity contribution is 6.35. The lowest BCUT2D eigenvalue weighted by Gasteiger charge is -2.07. The zero-order valence-corrected chi connectivity index (χ0v) is 13.5. The summed E-state index contributed by atoms with van der Waals surface area (Å²) < 4.78 is 0. The molecule has 1 amide bonds. The lowest BCUT2D eigenvalue weighted by Crippen LogP contribution is -2.13. The van der Waals surface area contributed by atoms with E-state index < -0.39 is 0 Å². The van der Waals surface area contributed by atoms with Gasteiger partial charge in [-0.2, -0.15) is 0 Å². The van der Waals surface area contributed by atoms with E-state index in [1.165, 1.54) is 0 Å². The Morgan fingerprint density at radius 1 is 0.870 bits per heavy atom. The van der Waals surface area contributed by atoms with E-state index in [2.05, 4.69) is 10.3 Å². The Bertz CT molecular complexity index is 830. The van der Waals surface area contributed by atoms with Gasteiger partial charge in [-0.25, -0.2) is 0 Å². The van der Waals surface area contributed by atoms with Gasteiger partial charge in [-0.1, -0.05) is 41.4 Å². The molecule has 23 heavy (non-hydrogen) atoms. The van der Waals surface area contributed by atoms with Crippen LogP contribution in [-0.2, 0) is 0 Å². The molecule has 3 rings (SSSR count). The molecule has 0 spiro atoms. The summed E-state index contributed by atoms with van der Waals surface area (Å²) in [6.07, 6.45) is 1.59. The first-order valence-electron chi connectivity index (χ1n) is 6.91. The van der Waals surface area contributed by atoms with Crippen molar-refractivity contribution in [3.8, 4) is 11.1 Å². The normalized spacial score (nSPS) is 10.3. The van der Waals surface area contributed by atoms with E-state index >= 15 is 0 Å². The second-order valence-electron chi connectivity index (χ2n) is 4.91. The lowest BCUT2D eigenvalue weighted by molar-refractivity contribution is 0.102. The first-order valence-corrected chi connectivity index (χ1v) is 7.66. The second-order valence-corrected chi connectivity index (χ2v) is 5.78. The van der Waals surface area contributed by atoms with Crippen LogP contribution < -0.4 is 5.32 Å². The Morgan fingerprint density at radius 2 is 1.57 bits per heavy atom. The molecule has 3 nitrogen and oxygen atoms in total. The van der Waals surface area contributed by atoms with Crippen molar-refractivity contribution in [2.75, 3.05) is 5.32 Å². The fourth-order valence-corrected chi connectivity index (χ4v) is 2.70. The summed E-state index contributed by atoms with van der Waals surface area (Å²) >= 11 is 12.1. The molecule has 0 fully saturated rings. The van der Waals surface area contributed by atoms with Crippen molar-refractivity contribution in [3.05, 3.63) is 82.6 Å². The number of halogens is 2. The minimum absolute atomic E-state index is 0.272. The maximum Gasteiger partial charge on any atom is 0.274 e. The number of para-hydroxylation sites is 1. The van der Waals surface area contributed by atoms with Crippen LogP contribution in [0.4, 0.5) is 5.69 Å². The standard InChI is InChI=1S/C18H12Cl2N2O/c19-14-8-13(9-15(20)11-14)12-6-7-21-17(10-12)18(23)22-16-4-2-1-3-5-16/h1-11H,(H,22,23). The third-order valence-corrected chi connectivity index (χ3v) is 3.66. The van der Waals surface area contributed by atoms with Gasteiger partial charge in [0, 0.05) is 21.9 Å². The van der Waals surface area contributed by atoms with Crippen molar-refractivity contribution < 1.29 is 4.79 Å². The van der Waals surface area contributed by atoms with Gasteiger partial charge in [-0.3, -0.25) is 9.78 Å². The number of pyridine rings is 1. The smallest absolute Gasteiger partial charge is 0.274 e. The van der Waals surface area contributed by atoms with Crippen LogP contribution in [0.15, 0.2) is 66.9 Å². The topological polar surface area (TPSA) is 42.0 Å². The maximum atomic E-state index is 12.3. The highest BCUT2D eigenvalue weighted by Gasteiger charge is 2.10. The van der Waals surface area contributed by atoms with Gasteiger partial charge in [0.25, 0.3) is 5.91 Å². The molecule has 0 aliphatic carbocycles. The molecule has 0 aliphatic heterocycles. The van der Waals surface area contributed by atoms with Crippen LogP contribution in [0.2, 0.25) is 10.0 Å². The summed E-state index contributed by atoms with van der Waals surface area (Å²) in [7, 11) is 0. The van der Waals surface area contributed by atoms with Gasteiger partial charge in [0.05, 0.1) is 0 Å². The van der Waals surface area contributed by atoms with Crippen molar-refractivity contribution in [1.29, 1.82) is 0 Å². The Kier molecular flexibility index (Phi) is 4.60. The average molecular weight is 343 g/mol. The number of carbonyl (C=O) groups excluding carboxylic acids is 1. The Hall–Kier alpha value is -2.36. The maximum absolute atomic E-state index is 12.3. The van der Waals surface area contributed by atoms with Crippen LogP contribution in [0.25, 0.3) is 11.1 Å². The van der Waals surface area contributed by atoms with E-state index in [1.807, 2.05) is 30.3 Å². The SMILES string of the molecule is O=C(Nc1ccccc1)c1cc(-c2cc(Cl)cc(Cl)c2)ccn1. The zero-order valence-electron chi connectivity index (χ0n) is 12.0. The molecular formula is C18H12Cl2N2O. The van der Waals surface area contributed by atoms with E-state index in [4.69, 9.17) is 23.2 Å². The number of aromatic nitrogens is 1. The molecule has 1 N–H and O–H groups in total. The van der Waals surface area contributed by atoms with Crippen LogP contribution in [0.3, 0.4) is 0 Å². The molecule has 0 bridgehead atoms. The van der Waals surface area contributed by atoms with Gasteiger partial charge in [0.15, 0.2) is 0 Å². The fraction of sp³-hybridized carbons (Fsp3) is 0. The number of amides is 1. The van der Waals surface area contributed by atoms with Crippen molar-refractivity contribution in [2.24, 2.45) is 0 Å². The molecule has 1 heterocycles. The van der Waals surface area contributed by atoms with Gasteiger partial charge >= 0.3 is 0 Å². The summed E-state index contributed by atoms with van der Waals surface area (Å²) in [4.78, 5) is 16.4. The number of benzene rings is 2. The molecule has 0 aliphatic rings. The number of hydrogen-bond donors (Lipinski definition) is 1. The van der Waals surface area contributed by atoms with Crippen LogP contribution in [0.5, 0.6) is 0 Å². The first-order chi connectivity index (χ1) is 11.1. The average Bonchev–Trinajstić information content (AvgIpc) is 2.55. The number of nitrogens with one attached hydrogen (secondary N) is 1. The molecule has 2 aromatic carbocycles. The number of nitrogens with zero attached hydrogens (tertiary/aromatic N) is 1. The van der Waals surface area contributed by atoms with Crippen molar-refractivity contribution in [3.63, 3.8) is 0 Å². The number of anilines is 1. The molecule has 0 saturated heterocycles. The first kappa shape index (κ1) is 15.5. The quantitative estimate of drug-likeness (QED) is 0.700. The highest BCUT2D eigenvalue weighted by atomic mass is 35.5. The Labute approximate surface area is 143 Å². The predicted molar refractivity (Wildman–Crippen MR) is 94.1 cm³/mol. The van der Waals surface area contributed by atoms with Crippen LogP contribution in [-0.4, -0.2) is 10.9 Å². The number of rotatable bonds is 3. The summed E-state index contributed by atoms with van der Waals surface area (Å²) in [5.41, 5.74) is 2.69. The molecule has 0 saturated carbocycles. The van der Waals surface area contributed by atoms with Crippen molar-refractivity contribution in [2.45, 2.75) is 0 Å². The fourth-order valence-electron chi connectivity index (χ4n) is 2.17. The minimum Gasteiger partial charge on any atom is -0.321 e. The zero-order chi connectivity index (χ0) is 16.2. The lowest BCUT2D eigenvalue weighted by atomic mass is 10.1. The molecule has 0 atom stereocenters. The van der Waals surface area contributed by atoms with Crippen LogP contribution >= 0.6 is 23.2 Å². The molecule has 3 aromatic rings. The molecule has 0 radical (unpaired) electrons. The van der Waals surface area contributed by atoms with E-state index in [1.54, 1.807) is 36.5 Å². The van der Waals surface area contributed by atoms with E-state index in [9.17, 15) is 4.79 Å². The van der Waals surface area contributed by atoms with Crippen LogP contribution in [0.1, 0.15) is 10.5 Å². The molecule has 0 unspecified atom stereocenters. The van der Waals surface area contributed by atoms with Gasteiger partial charge in [0.1, 0.15) is 5.69 Å². The summed E-state index contributed by atoms with van der Waals surface area (Å²) in [5, 5.41) is 3.89. The number of hydrogen-bond acceptors (Lipinski definition) is 2. The molecular weight excluding hydrogens is 331 g/mol. The predicted octanol–water partition coefficient (Wildman–Crippen LogP) is 5.31. The van der Waals surface area contributed by atoms with Gasteiger partial charge in [-0.15, -0.1) is 0 Å². The molecule has 114 valence electrons. The van der Waals surface area contributed by atoms with Gasteiger partial charge < -0.3 is 5.32 Å². The van der Waals surface area contributed by atoms with Crippen LogP contribution in [0, 0.1) is 0 Å². The van der Waals surface area contributed by atoms with Crippen molar-refractivity contribution >= 4 is 34.8 Å². The minimum atomic E-state index is -0.272. The Balaban J connectivity index is 1.89. The summed E-state index contributed by atoms with van der Waals surface area (Å²) in [6, 6.07) is 18.0. The largest absolute Gasteiger partial charge is 0.321 e. The van der Waals surface area contributed by atoms with E-state index in [-0.39, 0.29) is 5.91 Å². The third-order valence-electron chi connectivity index (χ3n) is 3.22. The summed E-state index contributed by atoms with van der Waals surface area (Å²) in [5.74, 6) is -0.272. The molecule has 1 aromatic heterocycles. The summed E-state index contributed by atoms with van der Waals surface area (Å²) in [6.45, 7) is 0. The van der Waals surface area contributed by atoms with Crippen molar-refractivity contribution in [1.82, 2.24) is 4.98 Å². The van der Waals surface area contributed by atoms with E-state index in [0.717, 1.165) is 16.8 Å². The number of carbonyl (C=O) groups is 1. The monoisotopic (exact) mass is 342 g/mol. The second kappa shape index (κ2) is 6.82. The third kappa shape index (κ3) is 3.89. The highest BCUT2D eigenvalue weighted by Crippen LogP contribution is 2.27. The Morgan fingerprint density at radius 3 is 2.26 bits per heavy atom. The van der Waals surface area contributed by atoms with Gasteiger partial charge in [-0.05, 0) is 53.6 Å².